The van der Waals surface area contributed by atoms with Crippen molar-refractivity contribution < 1.29 is 14.6 Å². The van der Waals surface area contributed by atoms with Crippen molar-refractivity contribution >= 4 is 5.97 Å². The molecule has 0 spiro atoms. The molecule has 82 valence electrons. The normalized spacial score (nSPS) is 12.1. The fourth-order valence-electron chi connectivity index (χ4n) is 1.46. The maximum atomic E-state index is 11.0. The van der Waals surface area contributed by atoms with Crippen LogP contribution in [0.15, 0.2) is 18.5 Å². The lowest BCUT2D eigenvalue weighted by atomic mass is 9.96. The molecule has 0 amide bonds. The Balaban J connectivity index is 2.94. The summed E-state index contributed by atoms with van der Waals surface area (Å²) in [7, 11) is 1.54. The summed E-state index contributed by atoms with van der Waals surface area (Å²) in [5.74, 6) is -0.709. The minimum atomic E-state index is -0.813. The van der Waals surface area contributed by atoms with Crippen LogP contribution in [0.1, 0.15) is 31.2 Å². The third-order valence-corrected chi connectivity index (χ3v) is 2.25. The number of rotatable bonds is 5. The van der Waals surface area contributed by atoms with E-state index < -0.39 is 11.9 Å². The Labute approximate surface area is 88.9 Å². The maximum absolute atomic E-state index is 11.0. The Morgan fingerprint density at radius 1 is 1.60 bits per heavy atom. The smallest absolute Gasteiger partial charge is 0.311 e. The summed E-state index contributed by atoms with van der Waals surface area (Å²) in [6, 6.07) is 1.72. The van der Waals surface area contributed by atoms with Gasteiger partial charge in [-0.1, -0.05) is 13.3 Å². The predicted octanol–water partition coefficient (Wildman–Crippen LogP) is 2.06. The van der Waals surface area contributed by atoms with Gasteiger partial charge < -0.3 is 9.84 Å². The first-order chi connectivity index (χ1) is 7.19. The van der Waals surface area contributed by atoms with Gasteiger partial charge in [-0.3, -0.25) is 9.78 Å². The number of carbonyl (C=O) groups is 1. The van der Waals surface area contributed by atoms with Crippen molar-refractivity contribution in [3.63, 3.8) is 0 Å². The summed E-state index contributed by atoms with van der Waals surface area (Å²) >= 11 is 0. The molecule has 4 nitrogen and oxygen atoms in total. The van der Waals surface area contributed by atoms with Crippen molar-refractivity contribution in [1.82, 2.24) is 4.98 Å². The first kappa shape index (κ1) is 11.5. The van der Waals surface area contributed by atoms with Crippen molar-refractivity contribution in [3.8, 4) is 5.75 Å². The molecular formula is C11H15NO3. The second-order valence-electron chi connectivity index (χ2n) is 3.34. The van der Waals surface area contributed by atoms with E-state index in [0.29, 0.717) is 17.7 Å². The highest BCUT2D eigenvalue weighted by Gasteiger charge is 2.19. The topological polar surface area (TPSA) is 59.4 Å². The average Bonchev–Trinajstić information content (AvgIpc) is 2.25. The van der Waals surface area contributed by atoms with Gasteiger partial charge in [0.15, 0.2) is 0 Å². The fourth-order valence-corrected chi connectivity index (χ4v) is 1.46. The Bertz CT molecular complexity index is 338. The molecule has 0 saturated carbocycles. The zero-order valence-corrected chi connectivity index (χ0v) is 8.93. The Morgan fingerprint density at radius 2 is 2.33 bits per heavy atom. The molecule has 1 aromatic heterocycles. The van der Waals surface area contributed by atoms with Crippen LogP contribution < -0.4 is 4.74 Å². The standard InChI is InChI=1S/C11H15NO3/c1-3-4-10(11(13)14)8-5-9(15-2)7-12-6-8/h5-7,10H,3-4H2,1-2H3,(H,13,14). The van der Waals surface area contributed by atoms with Crippen molar-refractivity contribution in [2.45, 2.75) is 25.7 Å². The molecule has 0 fully saturated rings. The van der Waals surface area contributed by atoms with E-state index in [1.54, 1.807) is 18.5 Å². The second-order valence-corrected chi connectivity index (χ2v) is 3.34. The number of hydrogen-bond acceptors (Lipinski definition) is 3. The summed E-state index contributed by atoms with van der Waals surface area (Å²) in [5.41, 5.74) is 0.698. The van der Waals surface area contributed by atoms with Gasteiger partial charge in [0.05, 0.1) is 19.2 Å². The fraction of sp³-hybridized carbons (Fsp3) is 0.455. The third-order valence-electron chi connectivity index (χ3n) is 2.25. The highest BCUT2D eigenvalue weighted by molar-refractivity contribution is 5.76. The van der Waals surface area contributed by atoms with Crippen LogP contribution in [0.4, 0.5) is 0 Å². The van der Waals surface area contributed by atoms with Gasteiger partial charge in [-0.05, 0) is 18.1 Å². The van der Waals surface area contributed by atoms with Crippen LogP contribution in [0, 0.1) is 0 Å². The van der Waals surface area contributed by atoms with Gasteiger partial charge in [-0.25, -0.2) is 0 Å². The van der Waals surface area contributed by atoms with Gasteiger partial charge >= 0.3 is 5.97 Å². The first-order valence-corrected chi connectivity index (χ1v) is 4.90. The Hall–Kier alpha value is -1.58. The summed E-state index contributed by atoms with van der Waals surface area (Å²) in [6.45, 7) is 1.96. The van der Waals surface area contributed by atoms with Crippen LogP contribution in [-0.2, 0) is 4.79 Å². The number of nitrogens with zero attached hydrogens (tertiary/aromatic N) is 1. The summed E-state index contributed by atoms with van der Waals surface area (Å²) in [6.07, 6.45) is 4.59. The number of carboxylic acid groups (broad SMARTS) is 1. The molecule has 1 aromatic rings. The molecule has 0 aliphatic rings. The number of methoxy groups -OCH3 is 1. The molecular weight excluding hydrogens is 194 g/mol. The molecule has 4 heteroatoms. The largest absolute Gasteiger partial charge is 0.495 e. The molecule has 0 radical (unpaired) electrons. The third kappa shape index (κ3) is 2.94. The molecule has 0 aliphatic heterocycles. The average molecular weight is 209 g/mol. The van der Waals surface area contributed by atoms with Crippen LogP contribution in [0.2, 0.25) is 0 Å². The summed E-state index contributed by atoms with van der Waals surface area (Å²) in [4.78, 5) is 15.0. The molecule has 1 N–H and O–H groups in total. The number of hydrogen-bond donors (Lipinski definition) is 1. The molecule has 0 bridgehead atoms. The lowest BCUT2D eigenvalue weighted by Gasteiger charge is -2.11. The monoisotopic (exact) mass is 209 g/mol. The second kappa shape index (κ2) is 5.34. The van der Waals surface area contributed by atoms with E-state index in [9.17, 15) is 4.79 Å². The molecule has 1 rings (SSSR count). The van der Waals surface area contributed by atoms with Crippen molar-refractivity contribution in [2.75, 3.05) is 7.11 Å². The molecule has 1 heterocycles. The van der Waals surface area contributed by atoms with Gasteiger partial charge in [0, 0.05) is 6.20 Å². The zero-order chi connectivity index (χ0) is 11.3. The molecule has 0 aromatic carbocycles. The number of ether oxygens (including phenoxy) is 1. The van der Waals surface area contributed by atoms with Crippen molar-refractivity contribution in [2.24, 2.45) is 0 Å². The summed E-state index contributed by atoms with van der Waals surface area (Å²) in [5, 5.41) is 9.05. The van der Waals surface area contributed by atoms with E-state index in [1.165, 1.54) is 7.11 Å². The lowest BCUT2D eigenvalue weighted by molar-refractivity contribution is -0.139. The van der Waals surface area contributed by atoms with E-state index in [0.717, 1.165) is 6.42 Å². The van der Waals surface area contributed by atoms with Crippen LogP contribution in [0.25, 0.3) is 0 Å². The van der Waals surface area contributed by atoms with Crippen LogP contribution in [-0.4, -0.2) is 23.2 Å². The number of carboxylic acids is 1. The Kier molecular flexibility index (Phi) is 4.09. The number of pyridine rings is 1. The van der Waals surface area contributed by atoms with Gasteiger partial charge in [0.2, 0.25) is 0 Å². The molecule has 1 unspecified atom stereocenters. The van der Waals surface area contributed by atoms with Gasteiger partial charge in [0.1, 0.15) is 5.75 Å². The van der Waals surface area contributed by atoms with Crippen LogP contribution in [0.5, 0.6) is 5.75 Å². The highest BCUT2D eigenvalue weighted by Crippen LogP contribution is 2.23. The molecule has 1 atom stereocenters. The minimum Gasteiger partial charge on any atom is -0.495 e. The van der Waals surface area contributed by atoms with E-state index in [2.05, 4.69) is 4.98 Å². The van der Waals surface area contributed by atoms with Crippen molar-refractivity contribution in [3.05, 3.63) is 24.0 Å². The molecule has 15 heavy (non-hydrogen) atoms. The SMILES string of the molecule is CCCC(C(=O)O)c1cncc(OC)c1. The van der Waals surface area contributed by atoms with Crippen LogP contribution >= 0.6 is 0 Å². The predicted molar refractivity (Wildman–Crippen MR) is 56.1 cm³/mol. The van der Waals surface area contributed by atoms with Gasteiger partial charge in [0.25, 0.3) is 0 Å². The maximum Gasteiger partial charge on any atom is 0.311 e. The highest BCUT2D eigenvalue weighted by atomic mass is 16.5. The Morgan fingerprint density at radius 3 is 2.87 bits per heavy atom. The number of aliphatic carboxylic acids is 1. The minimum absolute atomic E-state index is 0.488. The van der Waals surface area contributed by atoms with E-state index in [-0.39, 0.29) is 0 Å². The molecule has 0 aliphatic carbocycles. The van der Waals surface area contributed by atoms with Crippen LogP contribution in [0.3, 0.4) is 0 Å². The first-order valence-electron chi connectivity index (χ1n) is 4.90. The van der Waals surface area contributed by atoms with E-state index in [4.69, 9.17) is 9.84 Å². The van der Waals surface area contributed by atoms with Gasteiger partial charge in [-0.2, -0.15) is 0 Å². The quantitative estimate of drug-likeness (QED) is 0.806. The van der Waals surface area contributed by atoms with Gasteiger partial charge in [-0.15, -0.1) is 0 Å². The number of aromatic nitrogens is 1. The summed E-state index contributed by atoms with van der Waals surface area (Å²) < 4.78 is 5.01. The lowest BCUT2D eigenvalue weighted by Crippen LogP contribution is -2.11. The molecule has 0 saturated heterocycles. The van der Waals surface area contributed by atoms with E-state index >= 15 is 0 Å². The zero-order valence-electron chi connectivity index (χ0n) is 8.93. The van der Waals surface area contributed by atoms with Crippen molar-refractivity contribution in [1.29, 1.82) is 0 Å². The van der Waals surface area contributed by atoms with E-state index in [1.807, 2.05) is 6.92 Å².